The second-order valence-electron chi connectivity index (χ2n) is 13.5. The Morgan fingerprint density at radius 3 is 2.29 bits per heavy atom. The van der Waals surface area contributed by atoms with Crippen LogP contribution >= 0.6 is 0 Å². The number of carboxylic acid groups (broad SMARTS) is 1. The number of carbonyl (C=O) groups is 3. The van der Waals surface area contributed by atoms with E-state index in [1.54, 1.807) is 45.0 Å². The van der Waals surface area contributed by atoms with E-state index >= 15 is 4.39 Å². The molecule has 3 aromatic carbocycles. The van der Waals surface area contributed by atoms with Gasteiger partial charge in [-0.1, -0.05) is 44.1 Å². The van der Waals surface area contributed by atoms with Crippen LogP contribution in [0.5, 0.6) is 0 Å². The number of amides is 2. The second-order valence-corrected chi connectivity index (χ2v) is 13.5. The fraction of sp³-hybridized carbons (Fsp3) is 0.278. The van der Waals surface area contributed by atoms with Gasteiger partial charge < -0.3 is 19.7 Å². The Labute approximate surface area is 282 Å². The molecule has 0 aliphatic carbocycles. The molecule has 0 fully saturated rings. The predicted molar refractivity (Wildman–Crippen MR) is 180 cm³/mol. The van der Waals surface area contributed by atoms with Crippen LogP contribution in [-0.2, 0) is 21.4 Å². The number of nitrogens with one attached hydrogen (secondary N) is 2. The molecule has 12 nitrogen and oxygen atoms in total. The summed E-state index contributed by atoms with van der Waals surface area (Å²) in [5, 5.41) is 23.1. The van der Waals surface area contributed by atoms with Crippen molar-refractivity contribution in [2.24, 2.45) is 0 Å². The lowest BCUT2D eigenvalue weighted by Gasteiger charge is -2.19. The van der Waals surface area contributed by atoms with E-state index in [-0.39, 0.29) is 34.7 Å². The van der Waals surface area contributed by atoms with Gasteiger partial charge in [-0.05, 0) is 85.8 Å². The first-order chi connectivity index (χ1) is 23.1. The Morgan fingerprint density at radius 2 is 1.67 bits per heavy atom. The summed E-state index contributed by atoms with van der Waals surface area (Å²) in [5.74, 6) is -2.49. The predicted octanol–water partition coefficient (Wildman–Crippen LogP) is 6.80. The summed E-state index contributed by atoms with van der Waals surface area (Å²) in [6, 6.07) is 17.1. The highest BCUT2D eigenvalue weighted by atomic mass is 19.1. The summed E-state index contributed by atoms with van der Waals surface area (Å²) in [4.78, 5) is 41.3. The van der Waals surface area contributed by atoms with Gasteiger partial charge in [0.05, 0.1) is 23.0 Å². The van der Waals surface area contributed by atoms with E-state index in [4.69, 9.17) is 9.26 Å². The number of carboxylic acids is 1. The average molecular weight is 669 g/mol. The van der Waals surface area contributed by atoms with E-state index in [0.29, 0.717) is 16.8 Å². The van der Waals surface area contributed by atoms with Crippen LogP contribution in [0.15, 0.2) is 83.6 Å². The lowest BCUT2D eigenvalue weighted by molar-refractivity contribution is -0.139. The highest BCUT2D eigenvalue weighted by Gasteiger charge is 2.24. The van der Waals surface area contributed by atoms with Gasteiger partial charge in [-0.15, -0.1) is 0 Å². The largest absolute Gasteiger partial charge is 0.480 e. The second kappa shape index (κ2) is 13.7. The third kappa shape index (κ3) is 8.74. The maximum Gasteiger partial charge on any atom is 0.412 e. The van der Waals surface area contributed by atoms with Crippen LogP contribution in [0.1, 0.15) is 63.0 Å². The molecule has 5 rings (SSSR count). The molecule has 0 spiro atoms. The number of hydrogen-bond donors (Lipinski definition) is 3. The zero-order chi connectivity index (χ0) is 35.5. The van der Waals surface area contributed by atoms with E-state index in [1.165, 1.54) is 35.3 Å². The van der Waals surface area contributed by atoms with E-state index in [2.05, 4.69) is 46.6 Å². The number of aromatic nitrogens is 4. The fourth-order valence-corrected chi connectivity index (χ4v) is 4.81. The van der Waals surface area contributed by atoms with Gasteiger partial charge in [0.15, 0.2) is 0 Å². The highest BCUT2D eigenvalue weighted by molar-refractivity contribution is 5.96. The van der Waals surface area contributed by atoms with Crippen molar-refractivity contribution in [3.8, 4) is 28.5 Å². The highest BCUT2D eigenvalue weighted by Crippen LogP contribution is 2.27. The molecule has 13 heteroatoms. The Hall–Kier alpha value is -5.85. The normalized spacial score (nSPS) is 12.3. The number of hydrogen-bond acceptors (Lipinski definition) is 8. The third-order valence-corrected chi connectivity index (χ3v) is 7.36. The van der Waals surface area contributed by atoms with E-state index in [1.807, 2.05) is 24.3 Å². The first kappa shape index (κ1) is 34.5. The number of halogens is 1. The van der Waals surface area contributed by atoms with Gasteiger partial charge in [0, 0.05) is 23.9 Å². The molecule has 2 aromatic heterocycles. The molecule has 0 aliphatic heterocycles. The summed E-state index contributed by atoms with van der Waals surface area (Å²) < 4.78 is 27.4. The number of aliphatic carboxylic acids is 1. The topological polar surface area (TPSA) is 161 Å². The molecule has 0 radical (unpaired) electrons. The Balaban J connectivity index is 1.22. The van der Waals surface area contributed by atoms with Crippen molar-refractivity contribution in [2.75, 3.05) is 5.32 Å². The molecule has 3 N–H and O–H groups in total. The lowest BCUT2D eigenvalue weighted by atomic mass is 9.87. The molecular formula is C36H37FN6O6. The Kier molecular flexibility index (Phi) is 9.65. The minimum atomic E-state index is -1.34. The zero-order valence-electron chi connectivity index (χ0n) is 27.9. The van der Waals surface area contributed by atoms with Gasteiger partial charge in [0.2, 0.25) is 5.82 Å². The number of rotatable bonds is 9. The molecule has 2 amide bonds. The number of nitrogens with zero attached hydrogens (tertiary/aromatic N) is 4. The molecule has 1 atom stereocenters. The van der Waals surface area contributed by atoms with E-state index in [9.17, 15) is 19.5 Å². The molecule has 2 heterocycles. The van der Waals surface area contributed by atoms with Crippen LogP contribution < -0.4 is 10.6 Å². The van der Waals surface area contributed by atoms with Gasteiger partial charge in [-0.25, -0.2) is 18.7 Å². The van der Waals surface area contributed by atoms with Gasteiger partial charge in [0.1, 0.15) is 17.5 Å². The molecule has 1 unspecified atom stereocenters. The molecule has 0 saturated carbocycles. The molecule has 5 aromatic rings. The van der Waals surface area contributed by atoms with E-state index in [0.717, 1.165) is 11.3 Å². The summed E-state index contributed by atoms with van der Waals surface area (Å²) >= 11 is 0. The molecular weight excluding hydrogens is 631 g/mol. The molecule has 0 bridgehead atoms. The van der Waals surface area contributed by atoms with Crippen LogP contribution in [0.3, 0.4) is 0 Å². The number of ether oxygens (including phenoxy) is 1. The smallest absolute Gasteiger partial charge is 0.412 e. The van der Waals surface area contributed by atoms with Crippen LogP contribution in [0.2, 0.25) is 0 Å². The Morgan fingerprint density at radius 1 is 0.980 bits per heavy atom. The average Bonchev–Trinajstić information content (AvgIpc) is 3.71. The Bertz CT molecular complexity index is 1970. The zero-order valence-corrected chi connectivity index (χ0v) is 27.9. The SMILES string of the molecule is CC(C)(C)OC(=O)Nc1ccc(-c2nc(-c3ccc(CC(NC(=O)c4cnn(-c5ccc(C(C)(C)C)cc5)c4)C(=O)O)cc3F)no2)cc1. The number of anilines is 1. The van der Waals surface area contributed by atoms with E-state index < -0.39 is 35.4 Å². The summed E-state index contributed by atoms with van der Waals surface area (Å²) in [5.41, 5.74) is 2.82. The lowest BCUT2D eigenvalue weighted by Crippen LogP contribution is -2.42. The van der Waals surface area contributed by atoms with Crippen molar-refractivity contribution in [3.63, 3.8) is 0 Å². The molecule has 254 valence electrons. The van der Waals surface area contributed by atoms with Crippen LogP contribution in [0, 0.1) is 5.82 Å². The van der Waals surface area contributed by atoms with Crippen LogP contribution in [-0.4, -0.2) is 54.6 Å². The maximum absolute atomic E-state index is 15.3. The number of benzene rings is 3. The van der Waals surface area contributed by atoms with Gasteiger partial charge in [0.25, 0.3) is 11.8 Å². The van der Waals surface area contributed by atoms with Crippen LogP contribution in [0.25, 0.3) is 28.5 Å². The van der Waals surface area contributed by atoms with Gasteiger partial charge >= 0.3 is 12.1 Å². The van der Waals surface area contributed by atoms with Crippen molar-refractivity contribution in [3.05, 3.63) is 102 Å². The minimum absolute atomic E-state index is 0.0110. The first-order valence-electron chi connectivity index (χ1n) is 15.5. The molecule has 0 saturated heterocycles. The standard InChI is InChI=1S/C36H37FN6O6/c1-35(2,3)24-10-14-26(15-11-24)43-20-23(19-38-43)31(44)40-29(33(45)46)18-21-7-16-27(28(37)17-21)30-41-32(49-42-30)22-8-12-25(13-9-22)39-34(47)48-36(4,5)6/h7-17,19-20,29H,18H2,1-6H3,(H,39,47)(H,40,44)(H,45,46). The maximum atomic E-state index is 15.3. The van der Waals surface area contributed by atoms with Crippen molar-refractivity contribution in [1.82, 2.24) is 25.2 Å². The third-order valence-electron chi connectivity index (χ3n) is 7.36. The molecule has 49 heavy (non-hydrogen) atoms. The summed E-state index contributed by atoms with van der Waals surface area (Å²) in [6.07, 6.45) is 2.10. The van der Waals surface area contributed by atoms with Crippen molar-refractivity contribution in [2.45, 2.75) is 65.0 Å². The van der Waals surface area contributed by atoms with Crippen molar-refractivity contribution >= 4 is 23.7 Å². The number of carbonyl (C=O) groups excluding carboxylic acids is 2. The van der Waals surface area contributed by atoms with Gasteiger partial charge in [-0.3, -0.25) is 10.1 Å². The van der Waals surface area contributed by atoms with Gasteiger partial charge in [-0.2, -0.15) is 10.1 Å². The monoisotopic (exact) mass is 668 g/mol. The summed E-state index contributed by atoms with van der Waals surface area (Å²) in [7, 11) is 0. The fourth-order valence-electron chi connectivity index (χ4n) is 4.81. The van der Waals surface area contributed by atoms with Crippen molar-refractivity contribution in [1.29, 1.82) is 0 Å². The first-order valence-corrected chi connectivity index (χ1v) is 15.5. The summed E-state index contributed by atoms with van der Waals surface area (Å²) in [6.45, 7) is 11.6. The quantitative estimate of drug-likeness (QED) is 0.153. The van der Waals surface area contributed by atoms with Crippen molar-refractivity contribution < 1.29 is 33.1 Å². The van der Waals surface area contributed by atoms with Crippen LogP contribution in [0.4, 0.5) is 14.9 Å². The minimum Gasteiger partial charge on any atom is -0.480 e. The molecule has 0 aliphatic rings.